The highest BCUT2D eigenvalue weighted by atomic mass is 16.1. The summed E-state index contributed by atoms with van der Waals surface area (Å²) in [4.78, 5) is 26.3. The van der Waals surface area contributed by atoms with Crippen molar-refractivity contribution >= 4 is 5.95 Å². The van der Waals surface area contributed by atoms with E-state index in [4.69, 9.17) is 0 Å². The smallest absolute Gasteiger partial charge is 0.255 e. The first-order chi connectivity index (χ1) is 11.6. The number of nitrogens with one attached hydrogen (secondary N) is 3. The molecular formula is C17H24N6O. The summed E-state index contributed by atoms with van der Waals surface area (Å²) in [6.07, 6.45) is 3.30. The van der Waals surface area contributed by atoms with E-state index in [1.807, 2.05) is 32.3 Å². The van der Waals surface area contributed by atoms with Crippen LogP contribution in [0.15, 0.2) is 29.2 Å². The van der Waals surface area contributed by atoms with Crippen molar-refractivity contribution in [2.24, 2.45) is 0 Å². The standard InChI is InChI=1S/C17H24N6O/c1-23(2)15(14-5-3-4-8-19-14)11-20-17-21-13-7-10-18-9-6-12(13)16(24)22-17/h3-5,8,15,18H,6-7,9-11H2,1-2H3,(H2,20,21,22,24). The maximum atomic E-state index is 12.3. The molecule has 0 saturated carbocycles. The van der Waals surface area contributed by atoms with Crippen LogP contribution >= 0.6 is 0 Å². The van der Waals surface area contributed by atoms with Crippen LogP contribution in [0.1, 0.15) is 23.0 Å². The Morgan fingerprint density at radius 1 is 1.29 bits per heavy atom. The van der Waals surface area contributed by atoms with Gasteiger partial charge in [-0.25, -0.2) is 4.98 Å². The van der Waals surface area contributed by atoms with Crippen molar-refractivity contribution in [2.75, 3.05) is 39.0 Å². The Morgan fingerprint density at radius 2 is 2.12 bits per heavy atom. The molecule has 0 radical (unpaired) electrons. The summed E-state index contributed by atoms with van der Waals surface area (Å²) >= 11 is 0. The number of aromatic nitrogens is 3. The fourth-order valence-electron chi connectivity index (χ4n) is 2.96. The third-order valence-electron chi connectivity index (χ3n) is 4.31. The Bertz CT molecular complexity index is 728. The second kappa shape index (κ2) is 7.55. The van der Waals surface area contributed by atoms with E-state index in [1.165, 1.54) is 0 Å². The lowest BCUT2D eigenvalue weighted by molar-refractivity contribution is 0.305. The summed E-state index contributed by atoms with van der Waals surface area (Å²) in [5, 5.41) is 6.57. The molecule has 0 aromatic carbocycles. The number of hydrogen-bond donors (Lipinski definition) is 3. The van der Waals surface area contributed by atoms with Crippen molar-refractivity contribution in [2.45, 2.75) is 18.9 Å². The van der Waals surface area contributed by atoms with Gasteiger partial charge in [-0.2, -0.15) is 0 Å². The van der Waals surface area contributed by atoms with Crippen molar-refractivity contribution in [1.29, 1.82) is 0 Å². The van der Waals surface area contributed by atoms with Gasteiger partial charge in [0.1, 0.15) is 0 Å². The highest BCUT2D eigenvalue weighted by Gasteiger charge is 2.17. The largest absolute Gasteiger partial charge is 0.354 e. The number of aromatic amines is 1. The van der Waals surface area contributed by atoms with Crippen LogP contribution in [-0.4, -0.2) is 53.6 Å². The maximum Gasteiger partial charge on any atom is 0.255 e. The molecule has 1 aliphatic heterocycles. The first kappa shape index (κ1) is 16.6. The van der Waals surface area contributed by atoms with E-state index >= 15 is 0 Å². The molecule has 0 saturated heterocycles. The van der Waals surface area contributed by atoms with Crippen molar-refractivity contribution in [1.82, 2.24) is 25.2 Å². The minimum Gasteiger partial charge on any atom is -0.354 e. The quantitative estimate of drug-likeness (QED) is 0.744. The van der Waals surface area contributed by atoms with Crippen LogP contribution in [-0.2, 0) is 12.8 Å². The summed E-state index contributed by atoms with van der Waals surface area (Å²) < 4.78 is 0. The molecule has 3 N–H and O–H groups in total. The first-order valence-electron chi connectivity index (χ1n) is 8.29. The van der Waals surface area contributed by atoms with Gasteiger partial charge in [0, 0.05) is 31.3 Å². The Morgan fingerprint density at radius 3 is 2.88 bits per heavy atom. The van der Waals surface area contributed by atoms with Gasteiger partial charge in [-0.3, -0.25) is 19.7 Å². The van der Waals surface area contributed by atoms with Gasteiger partial charge in [-0.1, -0.05) is 6.07 Å². The predicted octanol–water partition coefficient (Wildman–Crippen LogP) is 0.568. The molecule has 2 aromatic rings. The van der Waals surface area contributed by atoms with Gasteiger partial charge in [-0.15, -0.1) is 0 Å². The average molecular weight is 328 g/mol. The number of nitrogens with zero attached hydrogens (tertiary/aromatic N) is 3. The van der Waals surface area contributed by atoms with Gasteiger partial charge in [0.25, 0.3) is 5.56 Å². The van der Waals surface area contributed by atoms with Crippen molar-refractivity contribution in [3.05, 3.63) is 51.7 Å². The minimum absolute atomic E-state index is 0.0366. The van der Waals surface area contributed by atoms with Gasteiger partial charge >= 0.3 is 0 Å². The fourth-order valence-corrected chi connectivity index (χ4v) is 2.96. The minimum atomic E-state index is -0.0366. The molecule has 3 heterocycles. The highest BCUT2D eigenvalue weighted by molar-refractivity contribution is 5.31. The molecule has 1 aliphatic rings. The number of rotatable bonds is 5. The third-order valence-corrected chi connectivity index (χ3v) is 4.31. The number of hydrogen-bond acceptors (Lipinski definition) is 6. The molecule has 2 aromatic heterocycles. The van der Waals surface area contributed by atoms with Gasteiger partial charge in [0.05, 0.1) is 17.4 Å². The number of anilines is 1. The van der Waals surface area contributed by atoms with Crippen molar-refractivity contribution in [3.63, 3.8) is 0 Å². The zero-order valence-corrected chi connectivity index (χ0v) is 14.2. The molecule has 7 nitrogen and oxygen atoms in total. The fraction of sp³-hybridized carbons (Fsp3) is 0.471. The normalized spacial score (nSPS) is 15.6. The zero-order chi connectivity index (χ0) is 16.9. The van der Waals surface area contributed by atoms with E-state index in [-0.39, 0.29) is 11.6 Å². The van der Waals surface area contributed by atoms with Gasteiger partial charge in [0.15, 0.2) is 0 Å². The molecule has 3 rings (SSSR count). The Balaban J connectivity index is 1.77. The van der Waals surface area contributed by atoms with E-state index in [2.05, 4.69) is 30.5 Å². The second-order valence-corrected chi connectivity index (χ2v) is 6.20. The van der Waals surface area contributed by atoms with Crippen LogP contribution in [0.25, 0.3) is 0 Å². The van der Waals surface area contributed by atoms with Crippen molar-refractivity contribution in [3.8, 4) is 0 Å². The Kier molecular flexibility index (Phi) is 5.22. The number of pyridine rings is 1. The van der Waals surface area contributed by atoms with E-state index in [0.29, 0.717) is 12.5 Å². The van der Waals surface area contributed by atoms with Gasteiger partial charge < -0.3 is 10.6 Å². The lowest BCUT2D eigenvalue weighted by Gasteiger charge is -2.24. The lowest BCUT2D eigenvalue weighted by atomic mass is 10.1. The summed E-state index contributed by atoms with van der Waals surface area (Å²) in [5.74, 6) is 0.531. The summed E-state index contributed by atoms with van der Waals surface area (Å²) in [6, 6.07) is 5.99. The van der Waals surface area contributed by atoms with Crippen LogP contribution < -0.4 is 16.2 Å². The van der Waals surface area contributed by atoms with Crippen LogP contribution in [0.3, 0.4) is 0 Å². The predicted molar refractivity (Wildman–Crippen MR) is 94.3 cm³/mol. The Labute approximate surface area is 141 Å². The topological polar surface area (TPSA) is 85.9 Å². The molecule has 0 fully saturated rings. The molecule has 7 heteroatoms. The van der Waals surface area contributed by atoms with Crippen LogP contribution in [0.5, 0.6) is 0 Å². The van der Waals surface area contributed by atoms with Gasteiger partial charge in [-0.05, 0) is 39.2 Å². The molecule has 0 aliphatic carbocycles. The molecule has 24 heavy (non-hydrogen) atoms. The monoisotopic (exact) mass is 328 g/mol. The van der Waals surface area contributed by atoms with E-state index in [1.54, 1.807) is 6.20 Å². The molecule has 1 unspecified atom stereocenters. The number of fused-ring (bicyclic) bond motifs is 1. The maximum absolute atomic E-state index is 12.3. The average Bonchev–Trinajstić information content (AvgIpc) is 2.81. The molecule has 1 atom stereocenters. The molecule has 0 amide bonds. The Hall–Kier alpha value is -2.25. The summed E-state index contributed by atoms with van der Waals surface area (Å²) in [6.45, 7) is 2.30. The number of H-pyrrole nitrogens is 1. The van der Waals surface area contributed by atoms with Crippen molar-refractivity contribution < 1.29 is 0 Å². The van der Waals surface area contributed by atoms with E-state index < -0.39 is 0 Å². The van der Waals surface area contributed by atoms with Gasteiger partial charge in [0.2, 0.25) is 5.95 Å². The SMILES string of the molecule is CN(C)C(CNc1nc2c(c(=O)[nH]1)CCNCC2)c1ccccn1. The third kappa shape index (κ3) is 3.80. The summed E-state index contributed by atoms with van der Waals surface area (Å²) in [5.41, 5.74) is 2.65. The second-order valence-electron chi connectivity index (χ2n) is 6.20. The molecule has 128 valence electrons. The number of likely N-dealkylation sites (N-methyl/N-ethyl adjacent to an activating group) is 1. The zero-order valence-electron chi connectivity index (χ0n) is 14.2. The van der Waals surface area contributed by atoms with Crippen LogP contribution in [0, 0.1) is 0 Å². The van der Waals surface area contributed by atoms with Crippen LogP contribution in [0.2, 0.25) is 0 Å². The molecule has 0 bridgehead atoms. The molecule has 0 spiro atoms. The van der Waals surface area contributed by atoms with E-state index in [0.717, 1.165) is 42.9 Å². The van der Waals surface area contributed by atoms with Crippen LogP contribution in [0.4, 0.5) is 5.95 Å². The highest BCUT2D eigenvalue weighted by Crippen LogP contribution is 2.16. The van der Waals surface area contributed by atoms with E-state index in [9.17, 15) is 4.79 Å². The lowest BCUT2D eigenvalue weighted by Crippen LogP contribution is -2.29. The summed E-state index contributed by atoms with van der Waals surface area (Å²) in [7, 11) is 4.03. The molecular weight excluding hydrogens is 304 g/mol. The first-order valence-corrected chi connectivity index (χ1v) is 8.29.